The van der Waals surface area contributed by atoms with Gasteiger partial charge in [-0.3, -0.25) is 14.1 Å². The average Bonchev–Trinajstić information content (AvgIpc) is 3.16. The van der Waals surface area contributed by atoms with Crippen LogP contribution < -0.4 is 0 Å². The van der Waals surface area contributed by atoms with Gasteiger partial charge in [0.1, 0.15) is 0 Å². The molecule has 190 valence electrons. The summed E-state index contributed by atoms with van der Waals surface area (Å²) in [5, 5.41) is 0. The molecule has 0 unspecified atom stereocenters. The van der Waals surface area contributed by atoms with Crippen molar-refractivity contribution in [3.8, 4) is 33.4 Å². The number of hydrogen-bond donors (Lipinski definition) is 0. The van der Waals surface area contributed by atoms with Crippen LogP contribution in [0.1, 0.15) is 63.8 Å². The molecule has 0 aromatic heterocycles. The molecule has 0 atom stereocenters. The second-order valence-corrected chi connectivity index (χ2v) is 11.4. The van der Waals surface area contributed by atoms with E-state index in [4.69, 9.17) is 0 Å². The minimum absolute atomic E-state index is 0. The van der Waals surface area contributed by atoms with Crippen LogP contribution in [0.15, 0.2) is 84.9 Å². The minimum atomic E-state index is 0. The van der Waals surface area contributed by atoms with Crippen molar-refractivity contribution in [2.75, 3.05) is 0 Å². The van der Waals surface area contributed by atoms with Gasteiger partial charge in [-0.15, -0.1) is 0 Å². The molecular formula is C33H37F3. The Morgan fingerprint density at radius 1 is 0.444 bits per heavy atom. The highest BCUT2D eigenvalue weighted by Crippen LogP contribution is 2.49. The van der Waals surface area contributed by atoms with E-state index in [1.165, 1.54) is 55.6 Å². The van der Waals surface area contributed by atoms with E-state index in [9.17, 15) is 0 Å². The van der Waals surface area contributed by atoms with E-state index in [1.54, 1.807) is 0 Å². The molecule has 4 aromatic carbocycles. The quantitative estimate of drug-likeness (QED) is 0.231. The summed E-state index contributed by atoms with van der Waals surface area (Å²) in [6.45, 7) is 13.9. The fraction of sp³-hybridized carbons (Fsp3) is 0.273. The van der Waals surface area contributed by atoms with E-state index in [-0.39, 0.29) is 24.9 Å². The molecule has 1 aliphatic rings. The van der Waals surface area contributed by atoms with Gasteiger partial charge in [-0.1, -0.05) is 126 Å². The second kappa shape index (κ2) is 10.3. The summed E-state index contributed by atoms with van der Waals surface area (Å²) in [4.78, 5) is 0. The Hall–Kier alpha value is -3.33. The molecule has 0 bridgehead atoms. The predicted octanol–water partition coefficient (Wildman–Crippen LogP) is 9.64. The molecule has 0 fully saturated rings. The Labute approximate surface area is 213 Å². The molecule has 0 N–H and O–H groups in total. The Bertz CT molecular complexity index is 1350. The van der Waals surface area contributed by atoms with Crippen molar-refractivity contribution in [2.24, 2.45) is 0 Å². The smallest absolute Gasteiger partial charge is 0.000706 e. The number of fused-ring (bicyclic) bond motifs is 3. The molecule has 0 saturated heterocycles. The van der Waals surface area contributed by atoms with E-state index in [0.717, 1.165) is 6.42 Å². The molecule has 0 radical (unpaired) electrons. The highest BCUT2D eigenvalue weighted by Gasteiger charge is 2.29. The van der Waals surface area contributed by atoms with Crippen molar-refractivity contribution in [1.82, 2.24) is 0 Å². The van der Waals surface area contributed by atoms with Gasteiger partial charge in [-0.2, -0.15) is 0 Å². The zero-order chi connectivity index (χ0) is 23.4. The maximum absolute atomic E-state index is 2.38. The van der Waals surface area contributed by atoms with Crippen LogP contribution in [0.3, 0.4) is 0 Å². The normalized spacial score (nSPS) is 11.9. The van der Waals surface area contributed by atoms with Crippen LogP contribution in [0.5, 0.6) is 0 Å². The Morgan fingerprint density at radius 3 is 1.47 bits per heavy atom. The lowest BCUT2D eigenvalue weighted by Crippen LogP contribution is -2.14. The lowest BCUT2D eigenvalue weighted by molar-refractivity contribution is 0.591. The predicted molar refractivity (Wildman–Crippen MR) is 150 cm³/mol. The van der Waals surface area contributed by atoms with Crippen LogP contribution >= 0.6 is 0 Å². The summed E-state index contributed by atoms with van der Waals surface area (Å²) in [6.07, 6.45) is 0.991. The largest absolute Gasteiger partial charge is 0.269 e. The molecule has 4 aromatic rings. The van der Waals surface area contributed by atoms with Gasteiger partial charge in [0.2, 0.25) is 0 Å². The van der Waals surface area contributed by atoms with E-state index < -0.39 is 0 Å². The lowest BCUT2D eigenvalue weighted by Gasteiger charge is -2.28. The molecule has 0 spiro atoms. The second-order valence-electron chi connectivity index (χ2n) is 11.4. The van der Waals surface area contributed by atoms with Gasteiger partial charge >= 0.3 is 0 Å². The first-order valence-electron chi connectivity index (χ1n) is 12.1. The summed E-state index contributed by atoms with van der Waals surface area (Å²) in [6, 6.07) is 31.7. The standard InChI is InChI=1S/C33H34.3FH/c1-32(2,3)29-17-11-9-15-25(29)26-20-19-24-23-14-8-7-13-22(23)21-28(24)31(26)27-16-10-12-18-30(27)33(4,5)6;;;/h7-20H,21H2,1-6H3;3*1H. The Balaban J connectivity index is 0.00000152. The van der Waals surface area contributed by atoms with Crippen molar-refractivity contribution in [3.63, 3.8) is 0 Å². The molecule has 0 amide bonds. The van der Waals surface area contributed by atoms with E-state index in [2.05, 4.69) is 126 Å². The fourth-order valence-corrected chi connectivity index (χ4v) is 5.47. The topological polar surface area (TPSA) is 0 Å². The third-order valence-electron chi connectivity index (χ3n) is 7.02. The molecule has 0 saturated carbocycles. The highest BCUT2D eigenvalue weighted by atomic mass is 19.0. The summed E-state index contributed by atoms with van der Waals surface area (Å²) in [7, 11) is 0. The van der Waals surface area contributed by atoms with Crippen molar-refractivity contribution < 1.29 is 14.1 Å². The fourth-order valence-electron chi connectivity index (χ4n) is 5.47. The van der Waals surface area contributed by atoms with Crippen LogP contribution in [0, 0.1) is 0 Å². The van der Waals surface area contributed by atoms with Crippen molar-refractivity contribution in [3.05, 3.63) is 107 Å². The summed E-state index contributed by atoms with van der Waals surface area (Å²) in [5.41, 5.74) is 14.1. The van der Waals surface area contributed by atoms with Crippen LogP contribution in [-0.4, -0.2) is 0 Å². The van der Waals surface area contributed by atoms with Gasteiger partial charge < -0.3 is 0 Å². The minimum Gasteiger partial charge on any atom is -0.269 e. The molecule has 1 aliphatic carbocycles. The van der Waals surface area contributed by atoms with E-state index >= 15 is 0 Å². The maximum Gasteiger partial charge on any atom is -0.000706 e. The first kappa shape index (κ1) is 28.9. The van der Waals surface area contributed by atoms with Crippen LogP contribution in [-0.2, 0) is 17.3 Å². The molecule has 5 rings (SSSR count). The Morgan fingerprint density at radius 2 is 0.889 bits per heavy atom. The maximum atomic E-state index is 2.38. The molecule has 0 aliphatic heterocycles. The van der Waals surface area contributed by atoms with Crippen molar-refractivity contribution in [1.29, 1.82) is 0 Å². The summed E-state index contributed by atoms with van der Waals surface area (Å²) in [5.74, 6) is 0. The monoisotopic (exact) mass is 490 g/mol. The van der Waals surface area contributed by atoms with E-state index in [1.807, 2.05) is 0 Å². The molecule has 0 heterocycles. The highest BCUT2D eigenvalue weighted by molar-refractivity contribution is 5.95. The van der Waals surface area contributed by atoms with Crippen LogP contribution in [0.4, 0.5) is 14.1 Å². The Kier molecular flexibility index (Phi) is 8.30. The zero-order valence-corrected chi connectivity index (χ0v) is 22.0. The molecular weight excluding hydrogens is 453 g/mol. The zero-order valence-electron chi connectivity index (χ0n) is 22.0. The first-order valence-corrected chi connectivity index (χ1v) is 12.1. The lowest BCUT2D eigenvalue weighted by atomic mass is 9.76. The van der Waals surface area contributed by atoms with Gasteiger partial charge in [0.05, 0.1) is 0 Å². The molecule has 0 nitrogen and oxygen atoms in total. The number of hydrogen-bond acceptors (Lipinski definition) is 0. The van der Waals surface area contributed by atoms with Gasteiger partial charge in [0.25, 0.3) is 0 Å². The van der Waals surface area contributed by atoms with Gasteiger partial charge in [-0.25, -0.2) is 0 Å². The summed E-state index contributed by atoms with van der Waals surface area (Å²) >= 11 is 0. The van der Waals surface area contributed by atoms with E-state index in [0.29, 0.717) is 0 Å². The number of halogens is 3. The SMILES string of the molecule is CC(C)(C)c1ccccc1-c1ccc2c(c1-c1ccccc1C(C)(C)C)Cc1ccccc1-2.F.F.F. The third kappa shape index (κ3) is 4.84. The molecule has 3 heteroatoms. The van der Waals surface area contributed by atoms with Crippen LogP contribution in [0.2, 0.25) is 0 Å². The van der Waals surface area contributed by atoms with Gasteiger partial charge in [0, 0.05) is 0 Å². The van der Waals surface area contributed by atoms with Gasteiger partial charge in [-0.05, 0) is 72.9 Å². The van der Waals surface area contributed by atoms with Crippen molar-refractivity contribution >= 4 is 0 Å². The first-order chi connectivity index (χ1) is 15.7. The average molecular weight is 491 g/mol. The number of rotatable bonds is 2. The number of benzene rings is 4. The summed E-state index contributed by atoms with van der Waals surface area (Å²) < 4.78 is 0. The van der Waals surface area contributed by atoms with Crippen LogP contribution in [0.25, 0.3) is 33.4 Å². The third-order valence-corrected chi connectivity index (χ3v) is 7.02. The van der Waals surface area contributed by atoms with Gasteiger partial charge in [0.15, 0.2) is 0 Å². The van der Waals surface area contributed by atoms with Crippen molar-refractivity contribution in [2.45, 2.75) is 58.8 Å². The molecule has 36 heavy (non-hydrogen) atoms.